The average Bonchev–Trinajstić information content (AvgIpc) is 2.91. The zero-order chi connectivity index (χ0) is 14.8. The number of ether oxygens (including phenoxy) is 2. The van der Waals surface area contributed by atoms with Gasteiger partial charge in [-0.1, -0.05) is 0 Å². The van der Waals surface area contributed by atoms with Crippen LogP contribution < -0.4 is 15.2 Å². The fourth-order valence-corrected chi connectivity index (χ4v) is 3.06. The number of nitrogens with two attached hydrogens (primary N) is 1. The summed E-state index contributed by atoms with van der Waals surface area (Å²) in [4.78, 5) is 13.8. The lowest BCUT2D eigenvalue weighted by molar-refractivity contribution is -0.124. The molecule has 0 spiro atoms. The summed E-state index contributed by atoms with van der Waals surface area (Å²) < 4.78 is 11.9. The number of nitrogens with zero attached hydrogens (tertiary/aromatic N) is 1. The van der Waals surface area contributed by atoms with E-state index >= 15 is 0 Å². The number of amides is 1. The molecule has 1 saturated heterocycles. The number of hydrogen-bond acceptors (Lipinski definition) is 4. The van der Waals surface area contributed by atoms with E-state index in [1.165, 1.54) is 0 Å². The van der Waals surface area contributed by atoms with E-state index < -0.39 is 0 Å². The summed E-state index contributed by atoms with van der Waals surface area (Å²) in [7, 11) is 0. The molecular formula is C15H17BrN2O3. The van der Waals surface area contributed by atoms with Crippen LogP contribution in [0, 0.1) is 0 Å². The molecule has 2 aliphatic rings. The first-order valence-electron chi connectivity index (χ1n) is 6.95. The zero-order valence-corrected chi connectivity index (χ0v) is 13.1. The summed E-state index contributed by atoms with van der Waals surface area (Å²) in [6.07, 6.45) is 4.24. The summed E-state index contributed by atoms with van der Waals surface area (Å²) in [5.74, 6) is 1.41. The van der Waals surface area contributed by atoms with Crippen LogP contribution in [-0.4, -0.2) is 43.2 Å². The Morgan fingerprint density at radius 1 is 1.38 bits per heavy atom. The summed E-state index contributed by atoms with van der Waals surface area (Å²) in [5, 5.41) is 0. The largest absolute Gasteiger partial charge is 0.486 e. The van der Waals surface area contributed by atoms with E-state index in [-0.39, 0.29) is 11.9 Å². The van der Waals surface area contributed by atoms with Gasteiger partial charge in [-0.2, -0.15) is 0 Å². The van der Waals surface area contributed by atoms with E-state index in [4.69, 9.17) is 15.2 Å². The van der Waals surface area contributed by atoms with Gasteiger partial charge < -0.3 is 20.1 Å². The van der Waals surface area contributed by atoms with Crippen molar-refractivity contribution in [1.29, 1.82) is 0 Å². The molecule has 2 aliphatic heterocycles. The van der Waals surface area contributed by atoms with Crippen LogP contribution in [0.2, 0.25) is 0 Å². The molecule has 0 aromatic heterocycles. The summed E-state index contributed by atoms with van der Waals surface area (Å²) in [6, 6.07) is 3.89. The molecule has 5 nitrogen and oxygen atoms in total. The molecule has 1 aromatic rings. The lowest BCUT2D eigenvalue weighted by Crippen LogP contribution is -2.30. The fourth-order valence-electron chi connectivity index (χ4n) is 2.49. The van der Waals surface area contributed by atoms with E-state index in [0.717, 1.165) is 28.8 Å². The fraction of sp³-hybridized carbons (Fsp3) is 0.400. The van der Waals surface area contributed by atoms with Gasteiger partial charge in [0.05, 0.1) is 4.47 Å². The number of benzene rings is 1. The Labute approximate surface area is 131 Å². The van der Waals surface area contributed by atoms with E-state index in [2.05, 4.69) is 15.9 Å². The number of rotatable bonds is 2. The second-order valence-corrected chi connectivity index (χ2v) is 6.05. The van der Waals surface area contributed by atoms with Gasteiger partial charge in [-0.05, 0) is 46.1 Å². The van der Waals surface area contributed by atoms with Crippen LogP contribution in [0.4, 0.5) is 0 Å². The Bertz CT molecular complexity index is 589. The SMILES string of the molecule is N[C@@H]1CCN(C(=O)/C=C/c2cc(Br)c3c(c2)OCCO3)C1. The molecule has 1 amide bonds. The number of likely N-dealkylation sites (tertiary alicyclic amines) is 1. The first kappa shape index (κ1) is 14.4. The maximum Gasteiger partial charge on any atom is 0.246 e. The lowest BCUT2D eigenvalue weighted by atomic mass is 10.1. The Hall–Kier alpha value is -1.53. The summed E-state index contributed by atoms with van der Waals surface area (Å²) in [6.45, 7) is 2.45. The highest BCUT2D eigenvalue weighted by Crippen LogP contribution is 2.38. The highest BCUT2D eigenvalue weighted by molar-refractivity contribution is 9.10. The van der Waals surface area contributed by atoms with Crippen LogP contribution in [0.3, 0.4) is 0 Å². The molecule has 1 fully saturated rings. The van der Waals surface area contributed by atoms with Crippen molar-refractivity contribution < 1.29 is 14.3 Å². The van der Waals surface area contributed by atoms with E-state index in [9.17, 15) is 4.79 Å². The number of fused-ring (bicyclic) bond motifs is 1. The zero-order valence-electron chi connectivity index (χ0n) is 11.5. The second kappa shape index (κ2) is 6.07. The monoisotopic (exact) mass is 352 g/mol. The van der Waals surface area contributed by atoms with Crippen molar-refractivity contribution in [3.63, 3.8) is 0 Å². The number of hydrogen-bond donors (Lipinski definition) is 1. The summed E-state index contributed by atoms with van der Waals surface area (Å²) in [5.41, 5.74) is 6.70. The van der Waals surface area contributed by atoms with E-state index in [0.29, 0.717) is 25.5 Å². The minimum atomic E-state index is -0.00559. The van der Waals surface area contributed by atoms with Gasteiger partial charge in [0.25, 0.3) is 0 Å². The van der Waals surface area contributed by atoms with Gasteiger partial charge in [0, 0.05) is 25.2 Å². The average molecular weight is 353 g/mol. The third-order valence-corrected chi connectivity index (χ3v) is 4.16. The topological polar surface area (TPSA) is 64.8 Å². The molecule has 2 heterocycles. The maximum atomic E-state index is 12.1. The van der Waals surface area contributed by atoms with Crippen molar-refractivity contribution in [1.82, 2.24) is 4.90 Å². The Kier molecular flexibility index (Phi) is 4.17. The molecule has 1 atom stereocenters. The van der Waals surface area contributed by atoms with Crippen LogP contribution in [0.25, 0.3) is 6.08 Å². The minimum Gasteiger partial charge on any atom is -0.486 e. The molecule has 0 saturated carbocycles. The third-order valence-electron chi connectivity index (χ3n) is 3.57. The number of halogens is 1. The van der Waals surface area contributed by atoms with Gasteiger partial charge in [-0.15, -0.1) is 0 Å². The maximum absolute atomic E-state index is 12.1. The quantitative estimate of drug-likeness (QED) is 0.824. The molecule has 0 unspecified atom stereocenters. The third kappa shape index (κ3) is 3.22. The minimum absolute atomic E-state index is 0.00559. The molecule has 3 rings (SSSR count). The van der Waals surface area contributed by atoms with Gasteiger partial charge in [-0.25, -0.2) is 0 Å². The van der Waals surface area contributed by atoms with E-state index in [1.54, 1.807) is 17.1 Å². The van der Waals surface area contributed by atoms with Gasteiger partial charge in [0.2, 0.25) is 5.91 Å². The van der Waals surface area contributed by atoms with Crippen molar-refractivity contribution in [2.75, 3.05) is 26.3 Å². The molecule has 21 heavy (non-hydrogen) atoms. The highest BCUT2D eigenvalue weighted by atomic mass is 79.9. The normalized spacial score (nSPS) is 21.0. The molecule has 2 N–H and O–H groups in total. The Balaban J connectivity index is 1.74. The molecule has 0 radical (unpaired) electrons. The smallest absolute Gasteiger partial charge is 0.246 e. The number of carbonyl (C=O) groups excluding carboxylic acids is 1. The van der Waals surface area contributed by atoms with Crippen molar-refractivity contribution in [2.24, 2.45) is 5.73 Å². The molecule has 1 aromatic carbocycles. The van der Waals surface area contributed by atoms with Crippen molar-refractivity contribution >= 4 is 27.9 Å². The lowest BCUT2D eigenvalue weighted by Gasteiger charge is -2.20. The van der Waals surface area contributed by atoms with Crippen LogP contribution in [0.5, 0.6) is 11.5 Å². The molecule has 0 aliphatic carbocycles. The standard InChI is InChI=1S/C15H17BrN2O3/c16-12-7-10(8-13-15(12)21-6-5-20-13)1-2-14(19)18-4-3-11(17)9-18/h1-2,7-8,11H,3-6,9,17H2/b2-1+/t11-/m1/s1. The van der Waals surface area contributed by atoms with Crippen LogP contribution in [-0.2, 0) is 4.79 Å². The van der Waals surface area contributed by atoms with Crippen LogP contribution in [0.1, 0.15) is 12.0 Å². The molecule has 112 valence electrons. The van der Waals surface area contributed by atoms with Crippen LogP contribution in [0.15, 0.2) is 22.7 Å². The predicted molar refractivity (Wildman–Crippen MR) is 83.3 cm³/mol. The molecule has 6 heteroatoms. The van der Waals surface area contributed by atoms with Gasteiger partial charge in [-0.3, -0.25) is 4.79 Å². The van der Waals surface area contributed by atoms with Crippen molar-refractivity contribution in [3.05, 3.63) is 28.2 Å². The first-order valence-corrected chi connectivity index (χ1v) is 7.74. The number of carbonyl (C=O) groups is 1. The van der Waals surface area contributed by atoms with E-state index in [1.807, 2.05) is 12.1 Å². The first-order chi connectivity index (χ1) is 10.1. The molecule has 0 bridgehead atoms. The van der Waals surface area contributed by atoms with Crippen molar-refractivity contribution in [3.8, 4) is 11.5 Å². The highest BCUT2D eigenvalue weighted by Gasteiger charge is 2.22. The van der Waals surface area contributed by atoms with Gasteiger partial charge >= 0.3 is 0 Å². The molecular weight excluding hydrogens is 336 g/mol. The second-order valence-electron chi connectivity index (χ2n) is 5.19. The predicted octanol–water partition coefficient (Wildman–Crippen LogP) is 1.79. The Morgan fingerprint density at radius 3 is 2.95 bits per heavy atom. The van der Waals surface area contributed by atoms with Crippen molar-refractivity contribution in [2.45, 2.75) is 12.5 Å². The summed E-state index contributed by atoms with van der Waals surface area (Å²) >= 11 is 3.46. The Morgan fingerprint density at radius 2 is 2.19 bits per heavy atom. The van der Waals surface area contributed by atoms with Gasteiger partial charge in [0.1, 0.15) is 13.2 Å². The van der Waals surface area contributed by atoms with Gasteiger partial charge in [0.15, 0.2) is 11.5 Å². The van der Waals surface area contributed by atoms with Crippen LogP contribution >= 0.6 is 15.9 Å².